The highest BCUT2D eigenvalue weighted by Crippen LogP contribution is 2.41. The molecule has 2 aliphatic rings. The van der Waals surface area contributed by atoms with E-state index in [1.807, 2.05) is 0 Å². The van der Waals surface area contributed by atoms with Crippen LogP contribution in [-0.4, -0.2) is 21.7 Å². The number of alkyl halides is 4. The average Bonchev–Trinajstić information content (AvgIpc) is 2.61. The van der Waals surface area contributed by atoms with Crippen LogP contribution in [0.1, 0.15) is 12.8 Å². The van der Waals surface area contributed by atoms with Crippen LogP contribution in [0.25, 0.3) is 0 Å². The van der Waals surface area contributed by atoms with Gasteiger partial charge in [0.1, 0.15) is 6.17 Å². The first-order valence-electron chi connectivity index (χ1n) is 4.90. The van der Waals surface area contributed by atoms with Gasteiger partial charge in [-0.3, -0.25) is 4.79 Å². The van der Waals surface area contributed by atoms with Crippen LogP contribution in [-0.2, 0) is 15.6 Å². The molecule has 0 aromatic heterocycles. The van der Waals surface area contributed by atoms with E-state index in [1.165, 1.54) is 0 Å². The van der Waals surface area contributed by atoms with E-state index in [9.17, 15) is 26.6 Å². The molecule has 0 amide bonds. The molecular weight excluding hydrogens is 260 g/mol. The summed E-state index contributed by atoms with van der Waals surface area (Å²) >= 11 is 0. The van der Waals surface area contributed by atoms with E-state index in [1.54, 1.807) is 0 Å². The van der Waals surface area contributed by atoms with Crippen molar-refractivity contribution in [2.75, 3.05) is 0 Å². The Morgan fingerprint density at radius 1 is 1.35 bits per heavy atom. The number of ketones is 1. The van der Waals surface area contributed by atoms with Gasteiger partial charge in [0.05, 0.1) is 4.91 Å². The monoisotopic (exact) mass is 268 g/mol. The zero-order chi connectivity index (χ0) is 12.8. The van der Waals surface area contributed by atoms with Gasteiger partial charge in [-0.05, 0) is 18.6 Å². The molecule has 2 rings (SSSR count). The summed E-state index contributed by atoms with van der Waals surface area (Å²) in [7, 11) is -3.26. The van der Waals surface area contributed by atoms with Gasteiger partial charge in [-0.25, -0.2) is 8.60 Å². The summed E-state index contributed by atoms with van der Waals surface area (Å²) in [5.41, 5.74) is -5.17. The molecule has 0 aliphatic heterocycles. The molecule has 0 saturated heterocycles. The summed E-state index contributed by atoms with van der Waals surface area (Å²) in [5, 5.41) is 0. The van der Waals surface area contributed by atoms with E-state index < -0.39 is 39.1 Å². The SMILES string of the molecule is O=C1CCC2C1=C(S(=O)C(F)(F)F)C=CC2F. The van der Waals surface area contributed by atoms with Crippen LogP contribution < -0.4 is 0 Å². The molecular formula is C10H8F4O2S. The predicted octanol–water partition coefficient (Wildman–Crippen LogP) is 2.40. The number of halogens is 4. The van der Waals surface area contributed by atoms with Gasteiger partial charge in [-0.2, -0.15) is 13.2 Å². The molecule has 0 heterocycles. The Kier molecular flexibility index (Phi) is 2.97. The highest BCUT2D eigenvalue weighted by atomic mass is 32.2. The van der Waals surface area contributed by atoms with Gasteiger partial charge in [0, 0.05) is 17.9 Å². The van der Waals surface area contributed by atoms with E-state index in [2.05, 4.69) is 0 Å². The molecule has 0 N–H and O–H groups in total. The second-order valence-electron chi connectivity index (χ2n) is 3.86. The second-order valence-corrected chi connectivity index (χ2v) is 5.30. The van der Waals surface area contributed by atoms with Gasteiger partial charge in [0.2, 0.25) is 0 Å². The number of hydrogen-bond acceptors (Lipinski definition) is 2. The van der Waals surface area contributed by atoms with E-state index >= 15 is 0 Å². The smallest absolute Gasteiger partial charge is 0.294 e. The highest BCUT2D eigenvalue weighted by molar-refractivity contribution is 7.90. The summed E-state index contributed by atoms with van der Waals surface area (Å²) in [4.78, 5) is 10.9. The maximum atomic E-state index is 13.4. The molecule has 0 aromatic carbocycles. The van der Waals surface area contributed by atoms with Crippen LogP contribution in [0.4, 0.5) is 17.6 Å². The Labute approximate surface area is 96.8 Å². The molecule has 1 fully saturated rings. The molecule has 2 aliphatic carbocycles. The molecule has 3 atom stereocenters. The molecule has 7 heteroatoms. The van der Waals surface area contributed by atoms with Crippen molar-refractivity contribution in [2.24, 2.45) is 5.92 Å². The van der Waals surface area contributed by atoms with E-state index in [-0.39, 0.29) is 18.4 Å². The largest absolute Gasteiger partial charge is 0.475 e. The van der Waals surface area contributed by atoms with Crippen LogP contribution in [0.5, 0.6) is 0 Å². The average molecular weight is 268 g/mol. The van der Waals surface area contributed by atoms with Crippen LogP contribution >= 0.6 is 0 Å². The molecule has 0 radical (unpaired) electrons. The summed E-state index contributed by atoms with van der Waals surface area (Å²) in [6.45, 7) is 0. The fourth-order valence-corrected chi connectivity index (χ4v) is 3.02. The van der Waals surface area contributed by atoms with Crippen LogP contribution in [0.15, 0.2) is 22.6 Å². The minimum absolute atomic E-state index is 0.0145. The third-order valence-corrected chi connectivity index (χ3v) is 4.02. The van der Waals surface area contributed by atoms with Crippen molar-refractivity contribution in [1.29, 1.82) is 0 Å². The second kappa shape index (κ2) is 4.04. The lowest BCUT2D eigenvalue weighted by Crippen LogP contribution is -2.25. The van der Waals surface area contributed by atoms with Crippen molar-refractivity contribution in [2.45, 2.75) is 24.5 Å². The van der Waals surface area contributed by atoms with Crippen molar-refractivity contribution < 1.29 is 26.6 Å². The first kappa shape index (κ1) is 12.5. The quantitative estimate of drug-likeness (QED) is 0.684. The Bertz CT molecular complexity index is 450. The summed E-state index contributed by atoms with van der Waals surface area (Å²) in [5.74, 6) is -1.40. The zero-order valence-electron chi connectivity index (χ0n) is 8.46. The summed E-state index contributed by atoms with van der Waals surface area (Å²) in [6, 6.07) is 0. The fraction of sp³-hybridized carbons (Fsp3) is 0.500. The van der Waals surface area contributed by atoms with E-state index in [4.69, 9.17) is 0 Å². The van der Waals surface area contributed by atoms with Crippen LogP contribution in [0.3, 0.4) is 0 Å². The lowest BCUT2D eigenvalue weighted by molar-refractivity contribution is -0.114. The first-order chi connectivity index (χ1) is 7.82. The van der Waals surface area contributed by atoms with Crippen LogP contribution in [0.2, 0.25) is 0 Å². The molecule has 0 spiro atoms. The third-order valence-electron chi connectivity index (χ3n) is 2.84. The molecule has 94 valence electrons. The number of Topliss-reactive ketones (excluding diaryl/α,β-unsaturated/α-hetero) is 1. The number of allylic oxidation sites excluding steroid dienone is 3. The van der Waals surface area contributed by atoms with Crippen LogP contribution in [0, 0.1) is 5.92 Å². The Hall–Kier alpha value is -0.980. The van der Waals surface area contributed by atoms with Gasteiger partial charge in [0.15, 0.2) is 16.6 Å². The normalized spacial score (nSPS) is 30.7. The van der Waals surface area contributed by atoms with Crippen molar-refractivity contribution in [3.63, 3.8) is 0 Å². The number of carbonyl (C=O) groups excluding carboxylic acids is 1. The zero-order valence-corrected chi connectivity index (χ0v) is 9.28. The third kappa shape index (κ3) is 2.08. The molecule has 0 aromatic rings. The standard InChI is InChI=1S/C10H8F4O2S/c11-6-2-4-8(17(16)10(12,13)14)9-5(6)1-3-7(9)15/h2,4-6H,1,3H2. The molecule has 0 bridgehead atoms. The van der Waals surface area contributed by atoms with Gasteiger partial charge in [0.25, 0.3) is 0 Å². The molecule has 3 unspecified atom stereocenters. The van der Waals surface area contributed by atoms with Gasteiger partial charge in [-0.1, -0.05) is 0 Å². The maximum Gasteiger partial charge on any atom is 0.475 e. The van der Waals surface area contributed by atoms with Gasteiger partial charge in [-0.15, -0.1) is 0 Å². The van der Waals surface area contributed by atoms with Crippen molar-refractivity contribution >= 4 is 16.6 Å². The topological polar surface area (TPSA) is 34.1 Å². The molecule has 2 nitrogen and oxygen atoms in total. The highest BCUT2D eigenvalue weighted by Gasteiger charge is 2.45. The van der Waals surface area contributed by atoms with Gasteiger partial charge >= 0.3 is 5.51 Å². The van der Waals surface area contributed by atoms with Crippen molar-refractivity contribution in [1.82, 2.24) is 0 Å². The number of hydrogen-bond donors (Lipinski definition) is 0. The number of fused-ring (bicyclic) bond motifs is 1. The Morgan fingerprint density at radius 3 is 2.59 bits per heavy atom. The molecule has 1 saturated carbocycles. The maximum absolute atomic E-state index is 13.4. The molecule has 17 heavy (non-hydrogen) atoms. The summed E-state index contributed by atoms with van der Waals surface area (Å²) < 4.78 is 61.6. The van der Waals surface area contributed by atoms with E-state index in [0.29, 0.717) is 0 Å². The van der Waals surface area contributed by atoms with Crippen molar-refractivity contribution in [3.8, 4) is 0 Å². The fourth-order valence-electron chi connectivity index (χ4n) is 2.10. The van der Waals surface area contributed by atoms with Crippen molar-refractivity contribution in [3.05, 3.63) is 22.6 Å². The minimum atomic E-state index is -4.93. The first-order valence-corrected chi connectivity index (χ1v) is 6.05. The predicted molar refractivity (Wildman–Crippen MR) is 53.0 cm³/mol. The number of rotatable bonds is 1. The van der Waals surface area contributed by atoms with E-state index in [0.717, 1.165) is 12.2 Å². The Balaban J connectivity index is 2.48. The Morgan fingerprint density at radius 2 is 2.00 bits per heavy atom. The lowest BCUT2D eigenvalue weighted by atomic mass is 9.92. The van der Waals surface area contributed by atoms with Gasteiger partial charge < -0.3 is 0 Å². The lowest BCUT2D eigenvalue weighted by Gasteiger charge is -2.21. The minimum Gasteiger partial charge on any atom is -0.294 e. The summed E-state index contributed by atoms with van der Waals surface area (Å²) in [6.07, 6.45) is 0.485. The number of carbonyl (C=O) groups is 1.